The van der Waals surface area contributed by atoms with Crippen LogP contribution in [0.5, 0.6) is 5.75 Å². The first-order valence-corrected chi connectivity index (χ1v) is 10.6. The molecule has 1 aliphatic carbocycles. The third-order valence-corrected chi connectivity index (χ3v) is 5.75. The zero-order valence-electron chi connectivity index (χ0n) is 18.2. The number of ketones is 1. The second-order valence-electron chi connectivity index (χ2n) is 8.74. The van der Waals surface area contributed by atoms with E-state index in [0.717, 1.165) is 16.6 Å². The lowest BCUT2D eigenvalue weighted by molar-refractivity contribution is -0.191. The Morgan fingerprint density at radius 3 is 2.47 bits per heavy atom. The van der Waals surface area contributed by atoms with Gasteiger partial charge in [-0.2, -0.15) is 9.59 Å². The molecule has 1 aromatic heterocycles. The second-order valence-corrected chi connectivity index (χ2v) is 8.74. The molecule has 1 fully saturated rings. The molecule has 0 atom stereocenters. The maximum atomic E-state index is 12.9. The summed E-state index contributed by atoms with van der Waals surface area (Å²) in [5, 5.41) is 0.829. The zero-order chi connectivity index (χ0) is 22.1. The molecule has 3 rings (SSSR count). The number of fused-ring (bicyclic) bond motifs is 1. The van der Waals surface area contributed by atoms with Gasteiger partial charge in [-0.05, 0) is 44.9 Å². The van der Waals surface area contributed by atoms with E-state index in [2.05, 4.69) is 4.98 Å². The van der Waals surface area contributed by atoms with Crippen LogP contribution in [-0.4, -0.2) is 23.5 Å². The highest BCUT2D eigenvalue weighted by Gasteiger charge is 2.31. The first kappa shape index (κ1) is 23.6. The van der Waals surface area contributed by atoms with Gasteiger partial charge in [0.05, 0.1) is 16.3 Å². The minimum absolute atomic E-state index is 0.250. The number of carbonyl (C=O) groups is 1. The van der Waals surface area contributed by atoms with Crippen molar-refractivity contribution in [3.8, 4) is 5.75 Å². The van der Waals surface area contributed by atoms with Crippen molar-refractivity contribution in [3.63, 3.8) is 0 Å². The molecule has 0 saturated heterocycles. The number of hydrogen-bond acceptors (Lipinski definition) is 6. The third-order valence-electron chi connectivity index (χ3n) is 5.75. The number of nitrogens with zero attached hydrogens (tertiary/aromatic N) is 1. The number of ether oxygens (including phenoxy) is 1. The number of hydrogen-bond donors (Lipinski definition) is 1. The molecule has 0 bridgehead atoms. The van der Waals surface area contributed by atoms with E-state index in [-0.39, 0.29) is 6.15 Å². The van der Waals surface area contributed by atoms with Crippen LogP contribution in [-0.2, 0) is 14.4 Å². The SMILES string of the molecule is Cc1cc(N)c2c(OCC(C)(C)C(=O)CC3CCCCCC3)cccc2n1.O=C=O. The van der Waals surface area contributed by atoms with Crippen LogP contribution in [0.15, 0.2) is 24.3 Å². The van der Waals surface area contributed by atoms with Gasteiger partial charge in [0.1, 0.15) is 18.1 Å². The number of aryl methyl sites for hydroxylation is 1. The molecule has 2 N–H and O–H groups in total. The highest BCUT2D eigenvalue weighted by Crippen LogP contribution is 2.33. The van der Waals surface area contributed by atoms with Crippen molar-refractivity contribution < 1.29 is 19.1 Å². The molecule has 1 aromatic carbocycles. The van der Waals surface area contributed by atoms with E-state index in [0.29, 0.717) is 36.2 Å². The number of aromatic nitrogens is 1. The third kappa shape index (κ3) is 6.39. The summed E-state index contributed by atoms with van der Waals surface area (Å²) in [5.74, 6) is 1.55. The molecule has 2 aromatic rings. The standard InChI is InChI=1S/C23H32N2O2.CO2/c1-16-13-18(24)22-19(25-16)11-8-12-20(22)27-15-23(2,3)21(26)14-17-9-6-4-5-7-10-17;2-1-3/h8,11-13,17H,4-7,9-10,14-15H2,1-3H3,(H2,24,25);. The van der Waals surface area contributed by atoms with Crippen LogP contribution >= 0.6 is 0 Å². The molecule has 0 aliphatic heterocycles. The molecular formula is C24H32N2O4. The Morgan fingerprint density at radius 1 is 1.20 bits per heavy atom. The van der Waals surface area contributed by atoms with Crippen LogP contribution in [0.3, 0.4) is 0 Å². The van der Waals surface area contributed by atoms with E-state index in [1.165, 1.54) is 38.5 Å². The Morgan fingerprint density at radius 2 is 1.83 bits per heavy atom. The van der Waals surface area contributed by atoms with E-state index < -0.39 is 5.41 Å². The van der Waals surface area contributed by atoms with Gasteiger partial charge in [0, 0.05) is 17.8 Å². The van der Waals surface area contributed by atoms with E-state index in [4.69, 9.17) is 20.1 Å². The van der Waals surface area contributed by atoms with Gasteiger partial charge in [0.15, 0.2) is 0 Å². The Hall–Kier alpha value is -2.72. The van der Waals surface area contributed by atoms with Crippen LogP contribution in [0.2, 0.25) is 0 Å². The van der Waals surface area contributed by atoms with Crippen molar-refractivity contribution in [3.05, 3.63) is 30.0 Å². The van der Waals surface area contributed by atoms with Crippen LogP contribution < -0.4 is 10.5 Å². The topological polar surface area (TPSA) is 99.3 Å². The molecule has 0 amide bonds. The maximum Gasteiger partial charge on any atom is 0.373 e. The monoisotopic (exact) mass is 412 g/mol. The number of rotatable bonds is 6. The predicted octanol–water partition coefficient (Wildman–Crippen LogP) is 4.88. The van der Waals surface area contributed by atoms with Crippen molar-refractivity contribution >= 4 is 28.5 Å². The van der Waals surface area contributed by atoms with Gasteiger partial charge in [-0.3, -0.25) is 9.78 Å². The Labute approximate surface area is 178 Å². The fourth-order valence-corrected chi connectivity index (χ4v) is 3.99. The molecule has 6 nitrogen and oxygen atoms in total. The fourth-order valence-electron chi connectivity index (χ4n) is 3.99. The summed E-state index contributed by atoms with van der Waals surface area (Å²) in [6.07, 6.45) is 8.45. The van der Waals surface area contributed by atoms with Crippen molar-refractivity contribution in [1.82, 2.24) is 4.98 Å². The summed E-state index contributed by atoms with van der Waals surface area (Å²) in [6, 6.07) is 7.62. The molecule has 0 radical (unpaired) electrons. The molecule has 30 heavy (non-hydrogen) atoms. The summed E-state index contributed by atoms with van der Waals surface area (Å²) in [4.78, 5) is 33.7. The van der Waals surface area contributed by atoms with Crippen molar-refractivity contribution in [2.45, 2.75) is 65.7 Å². The van der Waals surface area contributed by atoms with E-state index >= 15 is 0 Å². The van der Waals surface area contributed by atoms with Crippen LogP contribution in [0.25, 0.3) is 10.9 Å². The molecule has 1 saturated carbocycles. The molecule has 1 aliphatic rings. The molecule has 1 heterocycles. The normalized spacial score (nSPS) is 14.9. The van der Waals surface area contributed by atoms with Gasteiger partial charge in [-0.1, -0.05) is 44.6 Å². The second kappa shape index (κ2) is 10.9. The number of nitrogen functional groups attached to an aromatic ring is 1. The summed E-state index contributed by atoms with van der Waals surface area (Å²) in [6.45, 7) is 6.26. The van der Waals surface area contributed by atoms with Crippen molar-refractivity contribution in [2.75, 3.05) is 12.3 Å². The highest BCUT2D eigenvalue weighted by atomic mass is 16.5. The Bertz CT molecular complexity index is 893. The summed E-state index contributed by atoms with van der Waals surface area (Å²) < 4.78 is 6.10. The van der Waals surface area contributed by atoms with Crippen molar-refractivity contribution in [2.24, 2.45) is 11.3 Å². The van der Waals surface area contributed by atoms with E-state index in [1.54, 1.807) is 0 Å². The lowest BCUT2D eigenvalue weighted by Crippen LogP contribution is -2.32. The number of carbonyl (C=O) groups excluding carboxylic acids is 3. The Kier molecular flexibility index (Phi) is 8.55. The van der Waals surface area contributed by atoms with Gasteiger partial charge in [-0.15, -0.1) is 0 Å². The minimum Gasteiger partial charge on any atom is -0.492 e. The lowest BCUT2D eigenvalue weighted by Gasteiger charge is -2.26. The highest BCUT2D eigenvalue weighted by molar-refractivity contribution is 5.95. The largest absolute Gasteiger partial charge is 0.492 e. The van der Waals surface area contributed by atoms with Crippen LogP contribution in [0, 0.1) is 18.3 Å². The lowest BCUT2D eigenvalue weighted by atomic mass is 9.82. The summed E-state index contributed by atoms with van der Waals surface area (Å²) in [7, 11) is 0. The van der Waals surface area contributed by atoms with Crippen LogP contribution in [0.4, 0.5) is 5.69 Å². The smallest absolute Gasteiger partial charge is 0.373 e. The molecule has 0 spiro atoms. The van der Waals surface area contributed by atoms with Gasteiger partial charge < -0.3 is 10.5 Å². The maximum absolute atomic E-state index is 12.9. The first-order chi connectivity index (χ1) is 14.3. The molecular weight excluding hydrogens is 380 g/mol. The van der Waals surface area contributed by atoms with Gasteiger partial charge in [0.2, 0.25) is 0 Å². The molecule has 0 unspecified atom stereocenters. The fraction of sp³-hybridized carbons (Fsp3) is 0.542. The van der Waals surface area contributed by atoms with E-state index in [1.807, 2.05) is 45.0 Å². The number of Topliss-reactive ketones (excluding diaryl/α,β-unsaturated/α-hetero) is 1. The predicted molar refractivity (Wildman–Crippen MR) is 116 cm³/mol. The number of benzene rings is 1. The number of nitrogens with two attached hydrogens (primary N) is 1. The summed E-state index contributed by atoms with van der Waals surface area (Å²) >= 11 is 0. The van der Waals surface area contributed by atoms with Gasteiger partial charge in [-0.25, -0.2) is 0 Å². The van der Waals surface area contributed by atoms with Gasteiger partial charge in [0.25, 0.3) is 0 Å². The average Bonchev–Trinajstić information content (AvgIpc) is 2.95. The minimum atomic E-state index is -0.513. The average molecular weight is 413 g/mol. The molecule has 162 valence electrons. The van der Waals surface area contributed by atoms with E-state index in [9.17, 15) is 4.79 Å². The van der Waals surface area contributed by atoms with Crippen LogP contribution in [0.1, 0.15) is 64.5 Å². The number of anilines is 1. The molecule has 6 heteroatoms. The number of pyridine rings is 1. The quantitative estimate of drug-likeness (QED) is 0.679. The Balaban J connectivity index is 0.00000101. The van der Waals surface area contributed by atoms with Crippen molar-refractivity contribution in [1.29, 1.82) is 0 Å². The van der Waals surface area contributed by atoms with Gasteiger partial charge >= 0.3 is 6.15 Å². The zero-order valence-corrected chi connectivity index (χ0v) is 18.2. The summed E-state index contributed by atoms with van der Waals surface area (Å²) in [5.41, 5.74) is 8.07. The first-order valence-electron chi connectivity index (χ1n) is 10.6.